The molecule has 2 atom stereocenters. The zero-order valence-electron chi connectivity index (χ0n) is 13.8. The molecule has 0 saturated carbocycles. The molecule has 1 aromatic heterocycles. The van der Waals surface area contributed by atoms with Crippen molar-refractivity contribution in [2.24, 2.45) is 16.8 Å². The minimum absolute atomic E-state index is 0.745. The van der Waals surface area contributed by atoms with Crippen LogP contribution in [0.25, 0.3) is 0 Å². The van der Waals surface area contributed by atoms with Crippen LogP contribution in [0.5, 0.6) is 0 Å². The fourth-order valence-corrected chi connectivity index (χ4v) is 3.26. The predicted molar refractivity (Wildman–Crippen MR) is 88.6 cm³/mol. The van der Waals surface area contributed by atoms with Crippen LogP contribution in [0.1, 0.15) is 31.4 Å². The number of pyridine rings is 1. The number of aliphatic imine (C=N–C) groups is 1. The van der Waals surface area contributed by atoms with Crippen LogP contribution in [0, 0.1) is 18.8 Å². The molecule has 2 unspecified atom stereocenters. The summed E-state index contributed by atoms with van der Waals surface area (Å²) in [7, 11) is 1.88. The molecule has 0 radical (unpaired) electrons. The summed E-state index contributed by atoms with van der Waals surface area (Å²) in [6.45, 7) is 9.91. The predicted octanol–water partition coefficient (Wildman–Crippen LogP) is 2.49. The lowest BCUT2D eigenvalue weighted by atomic mass is 9.92. The number of hydrogen-bond donors (Lipinski definition) is 1. The molecule has 21 heavy (non-hydrogen) atoms. The largest absolute Gasteiger partial charge is 0.356 e. The molecular formula is C17H28N4. The van der Waals surface area contributed by atoms with Gasteiger partial charge >= 0.3 is 0 Å². The van der Waals surface area contributed by atoms with Crippen LogP contribution in [0.15, 0.2) is 23.5 Å². The van der Waals surface area contributed by atoms with E-state index in [4.69, 9.17) is 0 Å². The normalized spacial score (nSPS) is 23.2. The van der Waals surface area contributed by atoms with Gasteiger partial charge in [0.15, 0.2) is 5.96 Å². The lowest BCUT2D eigenvalue weighted by Gasteiger charge is -2.37. The Morgan fingerprint density at radius 1 is 1.38 bits per heavy atom. The highest BCUT2D eigenvalue weighted by Crippen LogP contribution is 2.20. The van der Waals surface area contributed by atoms with Gasteiger partial charge in [0.2, 0.25) is 0 Å². The van der Waals surface area contributed by atoms with Gasteiger partial charge in [0.1, 0.15) is 0 Å². The van der Waals surface area contributed by atoms with Crippen molar-refractivity contribution >= 4 is 5.96 Å². The van der Waals surface area contributed by atoms with Gasteiger partial charge in [-0.3, -0.25) is 9.98 Å². The van der Waals surface area contributed by atoms with E-state index >= 15 is 0 Å². The Morgan fingerprint density at radius 3 is 2.71 bits per heavy atom. The van der Waals surface area contributed by atoms with Crippen LogP contribution in [-0.2, 0) is 6.42 Å². The van der Waals surface area contributed by atoms with E-state index in [2.05, 4.69) is 47.0 Å². The quantitative estimate of drug-likeness (QED) is 0.686. The molecule has 0 aromatic carbocycles. The zero-order valence-corrected chi connectivity index (χ0v) is 13.8. The average molecular weight is 288 g/mol. The summed E-state index contributed by atoms with van der Waals surface area (Å²) in [5, 5.41) is 3.51. The standard InChI is InChI=1S/C17H28N4/c1-13-9-14(2)12-21(11-13)17(18-4)20-8-6-16-5-7-19-10-15(16)3/h5,7,10,13-14H,6,8-9,11-12H2,1-4H3,(H,18,20). The van der Waals surface area contributed by atoms with Crippen molar-refractivity contribution in [2.75, 3.05) is 26.7 Å². The molecule has 1 aliphatic rings. The van der Waals surface area contributed by atoms with Crippen LogP contribution < -0.4 is 5.32 Å². The molecule has 0 aliphatic carbocycles. The second kappa shape index (κ2) is 7.43. The first kappa shape index (κ1) is 15.8. The van der Waals surface area contributed by atoms with E-state index in [1.807, 2.05) is 19.4 Å². The molecule has 4 nitrogen and oxygen atoms in total. The third-order valence-corrected chi connectivity index (χ3v) is 4.19. The Hall–Kier alpha value is -1.58. The molecule has 1 aliphatic heterocycles. The first-order valence-corrected chi connectivity index (χ1v) is 7.95. The van der Waals surface area contributed by atoms with Crippen molar-refractivity contribution in [1.29, 1.82) is 0 Å². The Balaban J connectivity index is 1.87. The van der Waals surface area contributed by atoms with Crippen molar-refractivity contribution in [3.63, 3.8) is 0 Å². The van der Waals surface area contributed by atoms with E-state index in [1.165, 1.54) is 17.5 Å². The third-order valence-electron chi connectivity index (χ3n) is 4.19. The summed E-state index contributed by atoms with van der Waals surface area (Å²) in [5.74, 6) is 2.53. The molecule has 1 aromatic rings. The first-order valence-electron chi connectivity index (χ1n) is 7.95. The van der Waals surface area contributed by atoms with E-state index in [9.17, 15) is 0 Å². The maximum atomic E-state index is 4.45. The topological polar surface area (TPSA) is 40.5 Å². The Kier molecular flexibility index (Phi) is 5.59. The molecule has 1 saturated heterocycles. The highest BCUT2D eigenvalue weighted by Gasteiger charge is 2.23. The second-order valence-electron chi connectivity index (χ2n) is 6.38. The highest BCUT2D eigenvalue weighted by atomic mass is 15.3. The number of aromatic nitrogens is 1. The molecule has 1 fully saturated rings. The number of nitrogens with zero attached hydrogens (tertiary/aromatic N) is 3. The molecular weight excluding hydrogens is 260 g/mol. The van der Waals surface area contributed by atoms with Crippen LogP contribution in [0.2, 0.25) is 0 Å². The van der Waals surface area contributed by atoms with Gasteiger partial charge in [-0.05, 0) is 48.8 Å². The summed E-state index contributed by atoms with van der Waals surface area (Å²) in [4.78, 5) is 11.0. The summed E-state index contributed by atoms with van der Waals surface area (Å²) < 4.78 is 0. The summed E-state index contributed by atoms with van der Waals surface area (Å²) >= 11 is 0. The molecule has 0 amide bonds. The number of rotatable bonds is 3. The Labute approximate surface area is 128 Å². The molecule has 0 spiro atoms. The van der Waals surface area contributed by atoms with Crippen LogP contribution >= 0.6 is 0 Å². The summed E-state index contributed by atoms with van der Waals surface area (Å²) in [6.07, 6.45) is 6.12. The molecule has 1 N–H and O–H groups in total. The minimum Gasteiger partial charge on any atom is -0.356 e. The van der Waals surface area contributed by atoms with Gasteiger partial charge in [-0.25, -0.2) is 0 Å². The fraction of sp³-hybridized carbons (Fsp3) is 0.647. The van der Waals surface area contributed by atoms with Gasteiger partial charge < -0.3 is 10.2 Å². The molecule has 4 heteroatoms. The second-order valence-corrected chi connectivity index (χ2v) is 6.38. The van der Waals surface area contributed by atoms with Gasteiger partial charge in [0.25, 0.3) is 0 Å². The number of likely N-dealkylation sites (tertiary alicyclic amines) is 1. The van der Waals surface area contributed by atoms with E-state index < -0.39 is 0 Å². The summed E-state index contributed by atoms with van der Waals surface area (Å²) in [5.41, 5.74) is 2.61. The van der Waals surface area contributed by atoms with Crippen molar-refractivity contribution in [1.82, 2.24) is 15.2 Å². The van der Waals surface area contributed by atoms with E-state index in [0.717, 1.165) is 43.9 Å². The van der Waals surface area contributed by atoms with Gasteiger partial charge in [-0.1, -0.05) is 13.8 Å². The number of hydrogen-bond acceptors (Lipinski definition) is 2. The minimum atomic E-state index is 0.745. The van der Waals surface area contributed by atoms with Crippen LogP contribution in [0.4, 0.5) is 0 Å². The van der Waals surface area contributed by atoms with E-state index in [-0.39, 0.29) is 0 Å². The van der Waals surface area contributed by atoms with Crippen molar-refractivity contribution in [2.45, 2.75) is 33.6 Å². The Morgan fingerprint density at radius 2 is 2.10 bits per heavy atom. The average Bonchev–Trinajstić information content (AvgIpc) is 2.44. The monoisotopic (exact) mass is 288 g/mol. The lowest BCUT2D eigenvalue weighted by Crippen LogP contribution is -2.48. The van der Waals surface area contributed by atoms with E-state index in [0.29, 0.717) is 0 Å². The van der Waals surface area contributed by atoms with Crippen LogP contribution in [-0.4, -0.2) is 42.5 Å². The molecule has 0 bridgehead atoms. The maximum absolute atomic E-state index is 4.45. The lowest BCUT2D eigenvalue weighted by molar-refractivity contribution is 0.208. The zero-order chi connectivity index (χ0) is 15.2. The van der Waals surface area contributed by atoms with Crippen molar-refractivity contribution in [3.8, 4) is 0 Å². The SMILES string of the molecule is CN=C(NCCc1ccncc1C)N1CC(C)CC(C)C1. The Bertz CT molecular complexity index is 473. The number of guanidine groups is 1. The van der Waals surface area contributed by atoms with Crippen molar-refractivity contribution < 1.29 is 0 Å². The molecule has 2 heterocycles. The highest BCUT2D eigenvalue weighted by molar-refractivity contribution is 5.80. The third kappa shape index (κ3) is 4.45. The van der Waals surface area contributed by atoms with Gasteiger partial charge in [0, 0.05) is 39.1 Å². The fourth-order valence-electron chi connectivity index (χ4n) is 3.26. The smallest absolute Gasteiger partial charge is 0.193 e. The van der Waals surface area contributed by atoms with Gasteiger partial charge in [0.05, 0.1) is 0 Å². The maximum Gasteiger partial charge on any atom is 0.193 e. The number of nitrogens with one attached hydrogen (secondary N) is 1. The molecule has 116 valence electrons. The van der Waals surface area contributed by atoms with Gasteiger partial charge in [-0.2, -0.15) is 0 Å². The summed E-state index contributed by atoms with van der Waals surface area (Å²) in [6, 6.07) is 2.10. The van der Waals surface area contributed by atoms with Gasteiger partial charge in [-0.15, -0.1) is 0 Å². The molecule has 2 rings (SSSR count). The number of aryl methyl sites for hydroxylation is 1. The number of piperidine rings is 1. The van der Waals surface area contributed by atoms with E-state index in [1.54, 1.807) is 0 Å². The first-order chi connectivity index (χ1) is 10.1. The van der Waals surface area contributed by atoms with Crippen LogP contribution in [0.3, 0.4) is 0 Å². The van der Waals surface area contributed by atoms with Crippen molar-refractivity contribution in [3.05, 3.63) is 29.6 Å².